The molecule has 0 bridgehead atoms. The fraction of sp³-hybridized carbons (Fsp3) is 0.350. The Morgan fingerprint density at radius 3 is 2.37 bits per heavy atom. The normalized spacial score (nSPS) is 10.7. The van der Waals surface area contributed by atoms with Gasteiger partial charge in [0.15, 0.2) is 0 Å². The molecule has 7 nitrogen and oxygen atoms in total. The summed E-state index contributed by atoms with van der Waals surface area (Å²) in [4.78, 5) is 24.8. The average molecular weight is 371 g/mol. The lowest BCUT2D eigenvalue weighted by Gasteiger charge is -2.18. The van der Waals surface area contributed by atoms with Crippen molar-refractivity contribution in [2.75, 3.05) is 26.0 Å². The minimum atomic E-state index is -0.491. The highest BCUT2D eigenvalue weighted by molar-refractivity contribution is 5.94. The van der Waals surface area contributed by atoms with Crippen LogP contribution in [-0.4, -0.2) is 36.4 Å². The molecule has 7 heteroatoms. The van der Waals surface area contributed by atoms with Crippen LogP contribution in [0.4, 0.5) is 11.4 Å². The highest BCUT2D eigenvalue weighted by Gasteiger charge is 2.17. The Hall–Kier alpha value is -2.93. The van der Waals surface area contributed by atoms with E-state index in [0.29, 0.717) is 6.54 Å². The molecule has 0 aliphatic heterocycles. The Balaban J connectivity index is 2.03. The SMILES string of the molecule is COc1c(C)cc(CN(C)CC(=O)Nc2ccc(C)cc2[N+](=O)[O-])cc1C. The van der Waals surface area contributed by atoms with Crippen LogP contribution in [0, 0.1) is 30.9 Å². The van der Waals surface area contributed by atoms with Crippen molar-refractivity contribution in [1.82, 2.24) is 4.90 Å². The van der Waals surface area contributed by atoms with E-state index in [1.54, 1.807) is 26.2 Å². The van der Waals surface area contributed by atoms with Gasteiger partial charge in [0.2, 0.25) is 5.91 Å². The third kappa shape index (κ3) is 5.27. The van der Waals surface area contributed by atoms with Crippen LogP contribution in [0.15, 0.2) is 30.3 Å². The van der Waals surface area contributed by atoms with Gasteiger partial charge in [0, 0.05) is 12.6 Å². The maximum Gasteiger partial charge on any atom is 0.293 e. The third-order valence-electron chi connectivity index (χ3n) is 4.21. The molecule has 2 rings (SSSR count). The van der Waals surface area contributed by atoms with Crippen molar-refractivity contribution in [3.8, 4) is 5.75 Å². The van der Waals surface area contributed by atoms with Crippen molar-refractivity contribution >= 4 is 17.3 Å². The van der Waals surface area contributed by atoms with Gasteiger partial charge in [0.05, 0.1) is 18.6 Å². The summed E-state index contributed by atoms with van der Waals surface area (Å²) in [6, 6.07) is 8.80. The average Bonchev–Trinajstić information content (AvgIpc) is 2.55. The molecule has 144 valence electrons. The third-order valence-corrected chi connectivity index (χ3v) is 4.21. The Labute approximate surface area is 159 Å². The molecule has 0 saturated carbocycles. The number of nitro groups is 1. The van der Waals surface area contributed by atoms with Crippen molar-refractivity contribution in [1.29, 1.82) is 0 Å². The van der Waals surface area contributed by atoms with E-state index in [1.807, 2.05) is 37.9 Å². The first kappa shape index (κ1) is 20.4. The highest BCUT2D eigenvalue weighted by atomic mass is 16.6. The van der Waals surface area contributed by atoms with Gasteiger partial charge in [-0.05, 0) is 56.1 Å². The zero-order valence-corrected chi connectivity index (χ0v) is 16.3. The van der Waals surface area contributed by atoms with E-state index in [1.165, 1.54) is 6.07 Å². The van der Waals surface area contributed by atoms with E-state index < -0.39 is 4.92 Å². The molecule has 0 radical (unpaired) electrons. The van der Waals surface area contributed by atoms with E-state index in [0.717, 1.165) is 28.0 Å². The number of methoxy groups -OCH3 is 1. The van der Waals surface area contributed by atoms with Gasteiger partial charge in [0.25, 0.3) is 5.69 Å². The van der Waals surface area contributed by atoms with Gasteiger partial charge in [0.1, 0.15) is 11.4 Å². The lowest BCUT2D eigenvalue weighted by atomic mass is 10.1. The topological polar surface area (TPSA) is 84.7 Å². The molecule has 0 aliphatic carbocycles. The van der Waals surface area contributed by atoms with Crippen LogP contribution >= 0.6 is 0 Å². The molecule has 27 heavy (non-hydrogen) atoms. The number of carbonyl (C=O) groups is 1. The first-order valence-corrected chi connectivity index (χ1v) is 8.58. The van der Waals surface area contributed by atoms with Crippen LogP contribution in [0.1, 0.15) is 22.3 Å². The second-order valence-corrected chi connectivity index (χ2v) is 6.76. The van der Waals surface area contributed by atoms with Gasteiger partial charge in [-0.15, -0.1) is 0 Å². The zero-order valence-electron chi connectivity index (χ0n) is 16.3. The number of likely N-dealkylation sites (N-methyl/N-ethyl adjacent to an activating group) is 1. The predicted octanol–water partition coefficient (Wildman–Crippen LogP) is 3.60. The van der Waals surface area contributed by atoms with Crippen molar-refractivity contribution in [2.24, 2.45) is 0 Å². The van der Waals surface area contributed by atoms with Gasteiger partial charge >= 0.3 is 0 Å². The number of nitro benzene ring substituents is 1. The molecule has 1 amide bonds. The smallest absolute Gasteiger partial charge is 0.293 e. The molecule has 0 saturated heterocycles. The number of hydrogen-bond acceptors (Lipinski definition) is 5. The fourth-order valence-corrected chi connectivity index (χ4v) is 3.15. The van der Waals surface area contributed by atoms with Crippen molar-refractivity contribution in [2.45, 2.75) is 27.3 Å². The maximum atomic E-state index is 12.3. The summed E-state index contributed by atoms with van der Waals surface area (Å²) in [5.74, 6) is 0.567. The Morgan fingerprint density at radius 1 is 1.19 bits per heavy atom. The Kier molecular flexibility index (Phi) is 6.52. The number of amides is 1. The zero-order chi connectivity index (χ0) is 20.1. The van der Waals surface area contributed by atoms with E-state index in [2.05, 4.69) is 5.32 Å². The Bertz CT molecular complexity index is 841. The van der Waals surface area contributed by atoms with Gasteiger partial charge in [-0.25, -0.2) is 0 Å². The summed E-state index contributed by atoms with van der Waals surface area (Å²) in [7, 11) is 3.48. The molecule has 2 aromatic carbocycles. The van der Waals surface area contributed by atoms with Crippen LogP contribution in [0.2, 0.25) is 0 Å². The molecule has 0 heterocycles. The van der Waals surface area contributed by atoms with E-state index >= 15 is 0 Å². The largest absolute Gasteiger partial charge is 0.496 e. The highest BCUT2D eigenvalue weighted by Crippen LogP contribution is 2.26. The number of nitrogens with one attached hydrogen (secondary N) is 1. The first-order chi connectivity index (χ1) is 12.7. The van der Waals surface area contributed by atoms with Crippen LogP contribution in [-0.2, 0) is 11.3 Å². The van der Waals surface area contributed by atoms with Crippen molar-refractivity contribution in [3.05, 3.63) is 62.7 Å². The molecule has 2 aromatic rings. The maximum absolute atomic E-state index is 12.3. The number of anilines is 1. The molecule has 1 N–H and O–H groups in total. The number of rotatable bonds is 7. The second kappa shape index (κ2) is 8.64. The monoisotopic (exact) mass is 371 g/mol. The summed E-state index contributed by atoms with van der Waals surface area (Å²) in [5.41, 5.74) is 4.03. The molecule has 0 aromatic heterocycles. The van der Waals surface area contributed by atoms with Gasteiger partial charge < -0.3 is 10.1 Å². The number of benzene rings is 2. The van der Waals surface area contributed by atoms with Crippen molar-refractivity contribution in [3.63, 3.8) is 0 Å². The summed E-state index contributed by atoms with van der Waals surface area (Å²) < 4.78 is 5.37. The van der Waals surface area contributed by atoms with E-state index in [-0.39, 0.29) is 23.8 Å². The van der Waals surface area contributed by atoms with Crippen LogP contribution in [0.5, 0.6) is 5.75 Å². The Morgan fingerprint density at radius 2 is 1.81 bits per heavy atom. The van der Waals surface area contributed by atoms with Crippen LogP contribution in [0.25, 0.3) is 0 Å². The quantitative estimate of drug-likeness (QED) is 0.594. The van der Waals surface area contributed by atoms with Crippen LogP contribution in [0.3, 0.4) is 0 Å². The second-order valence-electron chi connectivity index (χ2n) is 6.76. The fourth-order valence-electron chi connectivity index (χ4n) is 3.15. The number of ether oxygens (including phenoxy) is 1. The van der Waals surface area contributed by atoms with Gasteiger partial charge in [-0.3, -0.25) is 19.8 Å². The van der Waals surface area contributed by atoms with Crippen LogP contribution < -0.4 is 10.1 Å². The molecular weight excluding hydrogens is 346 g/mol. The first-order valence-electron chi connectivity index (χ1n) is 8.58. The number of nitrogens with zero attached hydrogens (tertiary/aromatic N) is 2. The molecule has 0 atom stereocenters. The molecule has 0 unspecified atom stereocenters. The van der Waals surface area contributed by atoms with E-state index in [9.17, 15) is 14.9 Å². The minimum absolute atomic E-state index is 0.104. The number of hydrogen-bond donors (Lipinski definition) is 1. The molecule has 0 spiro atoms. The summed E-state index contributed by atoms with van der Waals surface area (Å²) >= 11 is 0. The van der Waals surface area contributed by atoms with Gasteiger partial charge in [-0.1, -0.05) is 18.2 Å². The summed E-state index contributed by atoms with van der Waals surface area (Å²) in [6.07, 6.45) is 0. The summed E-state index contributed by atoms with van der Waals surface area (Å²) in [6.45, 7) is 6.44. The predicted molar refractivity (Wildman–Crippen MR) is 105 cm³/mol. The molecule has 0 fully saturated rings. The minimum Gasteiger partial charge on any atom is -0.496 e. The standard InChI is InChI=1S/C20H25N3O4/c1-13-6-7-17(18(8-13)23(25)26)21-19(24)12-22(4)11-16-9-14(2)20(27-5)15(3)10-16/h6-10H,11-12H2,1-5H3,(H,21,24). The van der Waals surface area contributed by atoms with E-state index in [4.69, 9.17) is 4.74 Å². The number of aryl methyl sites for hydroxylation is 3. The summed E-state index contributed by atoms with van der Waals surface area (Å²) in [5, 5.41) is 13.8. The number of carbonyl (C=O) groups excluding carboxylic acids is 1. The van der Waals surface area contributed by atoms with Gasteiger partial charge in [-0.2, -0.15) is 0 Å². The molecular formula is C20H25N3O4. The molecule has 0 aliphatic rings. The van der Waals surface area contributed by atoms with Crippen molar-refractivity contribution < 1.29 is 14.5 Å². The lowest BCUT2D eigenvalue weighted by Crippen LogP contribution is -2.30. The lowest BCUT2D eigenvalue weighted by molar-refractivity contribution is -0.384.